The smallest absolute Gasteiger partial charge is 0.257 e. The molecule has 5 heteroatoms. The molecule has 0 saturated carbocycles. The number of amides is 1. The van der Waals surface area contributed by atoms with Gasteiger partial charge in [0.05, 0.1) is 10.6 Å². The molecule has 2 rings (SSSR count). The van der Waals surface area contributed by atoms with Crippen LogP contribution in [-0.4, -0.2) is 5.91 Å². The van der Waals surface area contributed by atoms with Gasteiger partial charge in [-0.05, 0) is 36.4 Å². The molecule has 2 aromatic rings. The summed E-state index contributed by atoms with van der Waals surface area (Å²) in [5.74, 6) is -0.237. The second kappa shape index (κ2) is 5.87. The summed E-state index contributed by atoms with van der Waals surface area (Å²) in [6.07, 6.45) is 0. The number of benzene rings is 2. The van der Waals surface area contributed by atoms with E-state index < -0.39 is 0 Å². The first-order valence-corrected chi connectivity index (χ1v) is 7.04. The SMILES string of the molecule is O=C(Nc1cccc(Br)c1)c1cc(Br)ccc1Cl. The van der Waals surface area contributed by atoms with Crippen molar-refractivity contribution in [2.45, 2.75) is 0 Å². The largest absolute Gasteiger partial charge is 0.322 e. The number of hydrogen-bond donors (Lipinski definition) is 1. The molecule has 1 N–H and O–H groups in total. The quantitative estimate of drug-likeness (QED) is 0.759. The van der Waals surface area contributed by atoms with Gasteiger partial charge in [0.2, 0.25) is 0 Å². The van der Waals surface area contributed by atoms with Crippen molar-refractivity contribution in [1.82, 2.24) is 0 Å². The van der Waals surface area contributed by atoms with Crippen molar-refractivity contribution in [2.75, 3.05) is 5.32 Å². The summed E-state index contributed by atoms with van der Waals surface area (Å²) in [6, 6.07) is 12.5. The highest BCUT2D eigenvalue weighted by Gasteiger charge is 2.11. The van der Waals surface area contributed by atoms with Crippen LogP contribution in [0.2, 0.25) is 5.02 Å². The Hall–Kier alpha value is -0.840. The first kappa shape index (κ1) is 13.6. The maximum Gasteiger partial charge on any atom is 0.257 e. The molecule has 0 aliphatic carbocycles. The summed E-state index contributed by atoms with van der Waals surface area (Å²) in [4.78, 5) is 12.1. The lowest BCUT2D eigenvalue weighted by atomic mass is 10.2. The van der Waals surface area contributed by atoms with Crippen molar-refractivity contribution in [1.29, 1.82) is 0 Å². The molecular weight excluding hydrogens is 381 g/mol. The Labute approximate surface area is 127 Å². The first-order chi connectivity index (χ1) is 8.56. The Balaban J connectivity index is 2.24. The van der Waals surface area contributed by atoms with Gasteiger partial charge in [0.15, 0.2) is 0 Å². The standard InChI is InChI=1S/C13H8Br2ClNO/c14-8-2-1-3-10(6-8)17-13(18)11-7-9(15)4-5-12(11)16/h1-7H,(H,17,18). The molecule has 0 heterocycles. The van der Waals surface area contributed by atoms with Crippen LogP contribution in [0, 0.1) is 0 Å². The summed E-state index contributed by atoms with van der Waals surface area (Å²) in [7, 11) is 0. The average molecular weight is 389 g/mol. The van der Waals surface area contributed by atoms with Gasteiger partial charge in [-0.15, -0.1) is 0 Å². The van der Waals surface area contributed by atoms with Crippen molar-refractivity contribution in [3.8, 4) is 0 Å². The Kier molecular flexibility index (Phi) is 4.43. The molecule has 92 valence electrons. The fourth-order valence-corrected chi connectivity index (χ4v) is 2.40. The van der Waals surface area contributed by atoms with Gasteiger partial charge in [0.25, 0.3) is 5.91 Å². The van der Waals surface area contributed by atoms with Gasteiger partial charge < -0.3 is 5.32 Å². The number of anilines is 1. The molecule has 0 saturated heterocycles. The second-order valence-electron chi connectivity index (χ2n) is 3.59. The topological polar surface area (TPSA) is 29.1 Å². The van der Waals surface area contributed by atoms with Gasteiger partial charge in [-0.25, -0.2) is 0 Å². The normalized spacial score (nSPS) is 10.2. The van der Waals surface area contributed by atoms with Crippen LogP contribution in [0.1, 0.15) is 10.4 Å². The molecular formula is C13H8Br2ClNO. The van der Waals surface area contributed by atoms with Crippen LogP contribution in [0.15, 0.2) is 51.4 Å². The molecule has 0 atom stereocenters. The lowest BCUT2D eigenvalue weighted by Crippen LogP contribution is -2.12. The Bertz CT molecular complexity index is 601. The fourth-order valence-electron chi connectivity index (χ4n) is 1.44. The van der Waals surface area contributed by atoms with Crippen LogP contribution < -0.4 is 5.32 Å². The van der Waals surface area contributed by atoms with E-state index in [9.17, 15) is 4.79 Å². The van der Waals surface area contributed by atoms with E-state index in [1.165, 1.54) is 0 Å². The summed E-state index contributed by atoms with van der Waals surface area (Å²) >= 11 is 12.7. The van der Waals surface area contributed by atoms with Gasteiger partial charge in [-0.1, -0.05) is 49.5 Å². The minimum Gasteiger partial charge on any atom is -0.322 e. The molecule has 2 aromatic carbocycles. The number of hydrogen-bond acceptors (Lipinski definition) is 1. The number of nitrogens with one attached hydrogen (secondary N) is 1. The molecule has 0 radical (unpaired) electrons. The summed E-state index contributed by atoms with van der Waals surface area (Å²) < 4.78 is 1.71. The Morgan fingerprint density at radius 2 is 1.78 bits per heavy atom. The number of halogens is 3. The Morgan fingerprint density at radius 1 is 1.06 bits per heavy atom. The lowest BCUT2D eigenvalue weighted by molar-refractivity contribution is 0.102. The fraction of sp³-hybridized carbons (Fsp3) is 0. The monoisotopic (exact) mass is 387 g/mol. The molecule has 0 unspecified atom stereocenters. The maximum absolute atomic E-state index is 12.1. The second-order valence-corrected chi connectivity index (χ2v) is 5.83. The van der Waals surface area contributed by atoms with Gasteiger partial charge in [-0.2, -0.15) is 0 Å². The van der Waals surface area contributed by atoms with Crippen molar-refractivity contribution in [2.24, 2.45) is 0 Å². The van der Waals surface area contributed by atoms with Crippen LogP contribution in [0.5, 0.6) is 0 Å². The van der Waals surface area contributed by atoms with E-state index in [0.29, 0.717) is 16.3 Å². The van der Waals surface area contributed by atoms with Crippen LogP contribution in [-0.2, 0) is 0 Å². The summed E-state index contributed by atoms with van der Waals surface area (Å²) in [5.41, 5.74) is 1.15. The minimum absolute atomic E-state index is 0.237. The zero-order valence-electron chi connectivity index (χ0n) is 9.08. The van der Waals surface area contributed by atoms with E-state index in [1.54, 1.807) is 18.2 Å². The number of rotatable bonds is 2. The summed E-state index contributed by atoms with van der Waals surface area (Å²) in [5, 5.41) is 3.21. The van der Waals surface area contributed by atoms with Gasteiger partial charge in [0, 0.05) is 14.6 Å². The molecule has 0 spiro atoms. The van der Waals surface area contributed by atoms with E-state index in [-0.39, 0.29) is 5.91 Å². The summed E-state index contributed by atoms with van der Waals surface area (Å²) in [6.45, 7) is 0. The van der Waals surface area contributed by atoms with Crippen molar-refractivity contribution >= 4 is 55.1 Å². The van der Waals surface area contributed by atoms with Gasteiger partial charge in [-0.3, -0.25) is 4.79 Å². The third-order valence-corrected chi connectivity index (χ3v) is 3.57. The van der Waals surface area contributed by atoms with E-state index in [2.05, 4.69) is 37.2 Å². The zero-order chi connectivity index (χ0) is 13.1. The van der Waals surface area contributed by atoms with E-state index in [1.807, 2.05) is 24.3 Å². The third kappa shape index (κ3) is 3.34. The van der Waals surface area contributed by atoms with Crippen LogP contribution in [0.3, 0.4) is 0 Å². The molecule has 0 bridgehead atoms. The Morgan fingerprint density at radius 3 is 2.50 bits per heavy atom. The highest BCUT2D eigenvalue weighted by molar-refractivity contribution is 9.10. The van der Waals surface area contributed by atoms with Crippen molar-refractivity contribution < 1.29 is 4.79 Å². The predicted molar refractivity (Wildman–Crippen MR) is 81.2 cm³/mol. The molecule has 18 heavy (non-hydrogen) atoms. The molecule has 0 aliphatic heterocycles. The zero-order valence-corrected chi connectivity index (χ0v) is 13.0. The maximum atomic E-state index is 12.1. The molecule has 2 nitrogen and oxygen atoms in total. The average Bonchev–Trinajstić information content (AvgIpc) is 2.32. The first-order valence-electron chi connectivity index (χ1n) is 5.08. The van der Waals surface area contributed by atoms with Crippen molar-refractivity contribution in [3.63, 3.8) is 0 Å². The van der Waals surface area contributed by atoms with Gasteiger partial charge in [0.1, 0.15) is 0 Å². The number of carbonyl (C=O) groups is 1. The van der Waals surface area contributed by atoms with E-state index in [0.717, 1.165) is 8.95 Å². The number of carbonyl (C=O) groups excluding carboxylic acids is 1. The van der Waals surface area contributed by atoms with Crippen LogP contribution >= 0.6 is 43.5 Å². The van der Waals surface area contributed by atoms with Crippen LogP contribution in [0.4, 0.5) is 5.69 Å². The molecule has 0 fully saturated rings. The minimum atomic E-state index is -0.237. The molecule has 1 amide bonds. The lowest BCUT2D eigenvalue weighted by Gasteiger charge is -2.07. The highest BCUT2D eigenvalue weighted by Crippen LogP contribution is 2.23. The van der Waals surface area contributed by atoms with Gasteiger partial charge >= 0.3 is 0 Å². The molecule has 0 aliphatic rings. The highest BCUT2D eigenvalue weighted by atomic mass is 79.9. The molecule has 0 aromatic heterocycles. The van der Waals surface area contributed by atoms with E-state index in [4.69, 9.17) is 11.6 Å². The third-order valence-electron chi connectivity index (χ3n) is 2.26. The van der Waals surface area contributed by atoms with E-state index >= 15 is 0 Å². The predicted octanol–water partition coefficient (Wildman–Crippen LogP) is 5.12. The van der Waals surface area contributed by atoms with Crippen molar-refractivity contribution in [3.05, 3.63) is 62.0 Å². The van der Waals surface area contributed by atoms with Crippen LogP contribution in [0.25, 0.3) is 0 Å².